The number of hydrogen-bond donors (Lipinski definition) is 0. The van der Waals surface area contributed by atoms with E-state index in [9.17, 15) is 4.39 Å². The van der Waals surface area contributed by atoms with Crippen molar-refractivity contribution in [2.24, 2.45) is 0 Å². The van der Waals surface area contributed by atoms with Crippen molar-refractivity contribution in [3.8, 4) is 11.4 Å². The van der Waals surface area contributed by atoms with Crippen LogP contribution in [-0.4, -0.2) is 33.3 Å². The average molecular weight is 342 g/mol. The second kappa shape index (κ2) is 6.76. The summed E-state index contributed by atoms with van der Waals surface area (Å²) in [6, 6.07) is 8.18. The Kier molecular flexibility index (Phi) is 4.31. The molecule has 3 heterocycles. The highest BCUT2D eigenvalue weighted by Crippen LogP contribution is 2.28. The molecule has 6 nitrogen and oxygen atoms in total. The molecule has 0 bridgehead atoms. The van der Waals surface area contributed by atoms with Gasteiger partial charge in [0.2, 0.25) is 11.7 Å². The van der Waals surface area contributed by atoms with E-state index in [1.54, 1.807) is 12.1 Å². The van der Waals surface area contributed by atoms with Crippen LogP contribution in [0.4, 0.5) is 4.39 Å². The number of rotatable bonds is 4. The highest BCUT2D eigenvalue weighted by molar-refractivity contribution is 5.53. The van der Waals surface area contributed by atoms with E-state index in [1.807, 2.05) is 13.0 Å². The van der Waals surface area contributed by atoms with Crippen molar-refractivity contribution in [2.45, 2.75) is 32.2 Å². The molecular weight excluding hydrogens is 323 g/mol. The van der Waals surface area contributed by atoms with Gasteiger partial charge in [0.05, 0.1) is 11.6 Å². The van der Waals surface area contributed by atoms with E-state index >= 15 is 0 Å². The molecular formula is C18H19FN4O2. The molecule has 3 aromatic rings. The number of hydrogen-bond acceptors (Lipinski definition) is 6. The van der Waals surface area contributed by atoms with Gasteiger partial charge < -0.3 is 9.05 Å². The van der Waals surface area contributed by atoms with Crippen LogP contribution in [0.25, 0.3) is 11.4 Å². The highest BCUT2D eigenvalue weighted by Gasteiger charge is 2.26. The van der Waals surface area contributed by atoms with Gasteiger partial charge in [-0.25, -0.2) is 4.39 Å². The molecule has 1 aliphatic heterocycles. The Morgan fingerprint density at radius 3 is 2.96 bits per heavy atom. The fourth-order valence-electron chi connectivity index (χ4n) is 3.27. The Hall–Kier alpha value is -2.54. The number of benzene rings is 1. The van der Waals surface area contributed by atoms with Gasteiger partial charge in [0.1, 0.15) is 11.6 Å². The predicted octanol–water partition coefficient (Wildman–Crippen LogP) is 3.55. The smallest absolute Gasteiger partial charge is 0.231 e. The summed E-state index contributed by atoms with van der Waals surface area (Å²) in [6.45, 7) is 4.48. The van der Waals surface area contributed by atoms with Gasteiger partial charge in [-0.05, 0) is 38.4 Å². The molecule has 1 aromatic carbocycles. The molecule has 0 saturated carbocycles. The molecule has 2 aromatic heterocycles. The van der Waals surface area contributed by atoms with Gasteiger partial charge >= 0.3 is 0 Å². The van der Waals surface area contributed by atoms with Crippen molar-refractivity contribution in [2.75, 3.05) is 13.1 Å². The standard InChI is InChI=1S/C18H19FN4O2/c1-12-8-16(21-24-12)11-23-7-3-5-14(10-23)18-20-17(22-25-18)13-4-2-6-15(19)9-13/h2,4,6,8-9,14H,3,5,7,10-11H2,1H3/t14-/m0/s1. The summed E-state index contributed by atoms with van der Waals surface area (Å²) < 4.78 is 24.0. The van der Waals surface area contributed by atoms with Crippen molar-refractivity contribution in [1.82, 2.24) is 20.2 Å². The van der Waals surface area contributed by atoms with E-state index < -0.39 is 0 Å². The summed E-state index contributed by atoms with van der Waals surface area (Å²) in [4.78, 5) is 6.80. The molecule has 0 unspecified atom stereocenters. The Balaban J connectivity index is 1.46. The maximum atomic E-state index is 13.4. The van der Waals surface area contributed by atoms with E-state index in [1.165, 1.54) is 12.1 Å². The SMILES string of the molecule is Cc1cc(CN2CCC[C@H](c3nc(-c4cccc(F)c4)no3)C2)no1. The third-order valence-electron chi connectivity index (χ3n) is 4.44. The van der Waals surface area contributed by atoms with Crippen LogP contribution in [0.15, 0.2) is 39.4 Å². The lowest BCUT2D eigenvalue weighted by Gasteiger charge is -2.30. The van der Waals surface area contributed by atoms with Crippen LogP contribution in [0.2, 0.25) is 0 Å². The lowest BCUT2D eigenvalue weighted by atomic mass is 9.98. The summed E-state index contributed by atoms with van der Waals surface area (Å²) in [7, 11) is 0. The molecule has 0 amide bonds. The summed E-state index contributed by atoms with van der Waals surface area (Å²) in [5, 5.41) is 8.07. The zero-order chi connectivity index (χ0) is 17.2. The van der Waals surface area contributed by atoms with Gasteiger partial charge in [-0.2, -0.15) is 4.98 Å². The first-order chi connectivity index (χ1) is 12.2. The molecule has 1 atom stereocenters. The summed E-state index contributed by atoms with van der Waals surface area (Å²) in [5.41, 5.74) is 1.56. The molecule has 7 heteroatoms. The summed E-state index contributed by atoms with van der Waals surface area (Å²) >= 11 is 0. The maximum absolute atomic E-state index is 13.4. The van der Waals surface area contributed by atoms with E-state index in [-0.39, 0.29) is 11.7 Å². The molecule has 0 spiro atoms. The first-order valence-corrected chi connectivity index (χ1v) is 8.41. The average Bonchev–Trinajstić information content (AvgIpc) is 3.25. The lowest BCUT2D eigenvalue weighted by Crippen LogP contribution is -2.34. The van der Waals surface area contributed by atoms with E-state index in [2.05, 4.69) is 20.2 Å². The van der Waals surface area contributed by atoms with Crippen LogP contribution in [0, 0.1) is 12.7 Å². The molecule has 130 valence electrons. The zero-order valence-electron chi connectivity index (χ0n) is 14.0. The zero-order valence-corrected chi connectivity index (χ0v) is 14.0. The number of nitrogens with zero attached hydrogens (tertiary/aromatic N) is 4. The molecule has 0 aliphatic carbocycles. The maximum Gasteiger partial charge on any atom is 0.231 e. The molecule has 1 saturated heterocycles. The molecule has 1 fully saturated rings. The van der Waals surface area contributed by atoms with Gasteiger partial charge in [-0.15, -0.1) is 0 Å². The van der Waals surface area contributed by atoms with Gasteiger partial charge in [0, 0.05) is 24.7 Å². The van der Waals surface area contributed by atoms with Crippen molar-refractivity contribution < 1.29 is 13.4 Å². The first kappa shape index (κ1) is 16.0. The molecule has 0 radical (unpaired) electrons. The van der Waals surface area contributed by atoms with E-state index in [4.69, 9.17) is 9.05 Å². The van der Waals surface area contributed by atoms with Crippen LogP contribution in [0.3, 0.4) is 0 Å². The van der Waals surface area contributed by atoms with Crippen molar-refractivity contribution in [3.63, 3.8) is 0 Å². The second-order valence-corrected chi connectivity index (χ2v) is 6.47. The van der Waals surface area contributed by atoms with Gasteiger partial charge in [0.25, 0.3) is 0 Å². The van der Waals surface area contributed by atoms with E-state index in [0.717, 1.165) is 43.9 Å². The third kappa shape index (κ3) is 3.61. The van der Waals surface area contributed by atoms with Crippen LogP contribution in [0.1, 0.15) is 36.1 Å². The van der Waals surface area contributed by atoms with Crippen LogP contribution in [0.5, 0.6) is 0 Å². The predicted molar refractivity (Wildman–Crippen MR) is 88.2 cm³/mol. The van der Waals surface area contributed by atoms with Crippen LogP contribution in [-0.2, 0) is 6.54 Å². The quantitative estimate of drug-likeness (QED) is 0.722. The fourth-order valence-corrected chi connectivity index (χ4v) is 3.27. The molecule has 4 rings (SSSR count). The number of piperidine rings is 1. The van der Waals surface area contributed by atoms with Crippen LogP contribution >= 0.6 is 0 Å². The summed E-state index contributed by atoms with van der Waals surface area (Å²) in [5.74, 6) is 1.73. The third-order valence-corrected chi connectivity index (χ3v) is 4.44. The fraction of sp³-hybridized carbons (Fsp3) is 0.389. The normalized spacial score (nSPS) is 18.6. The number of aryl methyl sites for hydroxylation is 1. The van der Waals surface area contributed by atoms with E-state index in [0.29, 0.717) is 17.3 Å². The number of halogens is 1. The molecule has 25 heavy (non-hydrogen) atoms. The monoisotopic (exact) mass is 342 g/mol. The van der Waals surface area contributed by atoms with Crippen molar-refractivity contribution in [3.05, 3.63) is 53.5 Å². The molecule has 0 N–H and O–H groups in total. The van der Waals surface area contributed by atoms with Crippen molar-refractivity contribution in [1.29, 1.82) is 0 Å². The minimum atomic E-state index is -0.310. The van der Waals surface area contributed by atoms with Crippen molar-refractivity contribution >= 4 is 0 Å². The van der Waals surface area contributed by atoms with Gasteiger partial charge in [-0.1, -0.05) is 22.4 Å². The number of aromatic nitrogens is 3. The largest absolute Gasteiger partial charge is 0.361 e. The summed E-state index contributed by atoms with van der Waals surface area (Å²) in [6.07, 6.45) is 2.05. The van der Waals surface area contributed by atoms with Gasteiger partial charge in [0.15, 0.2) is 0 Å². The minimum absolute atomic E-state index is 0.177. The molecule has 1 aliphatic rings. The number of likely N-dealkylation sites (tertiary alicyclic amines) is 1. The lowest BCUT2D eigenvalue weighted by molar-refractivity contribution is 0.176. The first-order valence-electron chi connectivity index (χ1n) is 8.41. The topological polar surface area (TPSA) is 68.2 Å². The Morgan fingerprint density at radius 2 is 2.16 bits per heavy atom. The second-order valence-electron chi connectivity index (χ2n) is 6.47. The van der Waals surface area contributed by atoms with Crippen LogP contribution < -0.4 is 0 Å². The highest BCUT2D eigenvalue weighted by atomic mass is 19.1. The Morgan fingerprint density at radius 1 is 1.24 bits per heavy atom. The Labute approximate surface area is 144 Å². The minimum Gasteiger partial charge on any atom is -0.361 e. The Bertz CT molecular complexity index is 860. The van der Waals surface area contributed by atoms with Gasteiger partial charge in [-0.3, -0.25) is 4.90 Å².